The first kappa shape index (κ1) is 39.3. The molecular weight excluding hydrogens is 721 g/mol. The van der Waals surface area contributed by atoms with Crippen LogP contribution in [0.3, 0.4) is 0 Å². The van der Waals surface area contributed by atoms with Crippen LogP contribution in [0.15, 0.2) is 48.5 Å². The van der Waals surface area contributed by atoms with Gasteiger partial charge in [0.05, 0.1) is 0 Å². The average Bonchev–Trinajstić information content (AvgIpc) is 3.16. The summed E-state index contributed by atoms with van der Waals surface area (Å²) in [5, 5.41) is 0. The summed E-state index contributed by atoms with van der Waals surface area (Å²) in [6, 6.07) is 19.2. The average molecular weight is 783 g/mol. The highest BCUT2D eigenvalue weighted by atomic mass is 14.8. The summed E-state index contributed by atoms with van der Waals surface area (Å²) in [5.41, 5.74) is 20.5. The van der Waals surface area contributed by atoms with Crippen molar-refractivity contribution in [2.45, 2.75) is 154 Å². The van der Waals surface area contributed by atoms with Gasteiger partial charge < -0.3 is 0 Å². The molecule has 0 N–H and O–H groups in total. The van der Waals surface area contributed by atoms with Gasteiger partial charge in [-0.2, -0.15) is 0 Å². The molecule has 0 saturated heterocycles. The molecular formula is C60H62. The van der Waals surface area contributed by atoms with Crippen LogP contribution in [-0.2, 0) is 21.7 Å². The van der Waals surface area contributed by atoms with E-state index in [-0.39, 0.29) is 32.5 Å². The summed E-state index contributed by atoms with van der Waals surface area (Å²) in [6.07, 6.45) is 40.7. The molecule has 0 aliphatic heterocycles. The van der Waals surface area contributed by atoms with Crippen molar-refractivity contribution in [3.8, 4) is 49.4 Å². The second-order valence-corrected chi connectivity index (χ2v) is 22.3. The maximum absolute atomic E-state index is 6.59. The van der Waals surface area contributed by atoms with Crippen LogP contribution >= 0.6 is 0 Å². The van der Waals surface area contributed by atoms with Gasteiger partial charge in [-0.25, -0.2) is 0 Å². The number of hydrogen-bond donors (Lipinski definition) is 0. The lowest BCUT2D eigenvalue weighted by atomic mass is 9.26. The first-order valence-electron chi connectivity index (χ1n) is 22.8. The molecule has 4 aromatic rings. The molecule has 4 atom stereocenters. The number of rotatable bonds is 5. The van der Waals surface area contributed by atoms with E-state index in [2.05, 4.69) is 128 Å². The van der Waals surface area contributed by atoms with Crippen LogP contribution in [0.2, 0.25) is 0 Å². The summed E-state index contributed by atoms with van der Waals surface area (Å²) in [6.45, 7) is 18.1. The number of aryl methyl sites for hydroxylation is 8. The lowest BCUT2D eigenvalue weighted by Crippen LogP contribution is -2.71. The van der Waals surface area contributed by atoms with E-state index in [1.807, 2.05) is 0 Å². The lowest BCUT2D eigenvalue weighted by Gasteiger charge is -2.78. The molecule has 60 heavy (non-hydrogen) atoms. The van der Waals surface area contributed by atoms with Crippen molar-refractivity contribution in [1.29, 1.82) is 0 Å². The zero-order valence-electron chi connectivity index (χ0n) is 37.6. The van der Waals surface area contributed by atoms with Gasteiger partial charge in [-0.15, -0.1) is 25.7 Å². The van der Waals surface area contributed by atoms with E-state index in [1.54, 1.807) is 0 Å². The van der Waals surface area contributed by atoms with Crippen molar-refractivity contribution in [2.24, 2.45) is 22.7 Å². The quantitative estimate of drug-likeness (QED) is 0.177. The minimum atomic E-state index is -0.0428. The zero-order chi connectivity index (χ0) is 42.4. The third kappa shape index (κ3) is 5.23. The molecule has 8 aliphatic rings. The predicted molar refractivity (Wildman–Crippen MR) is 249 cm³/mol. The van der Waals surface area contributed by atoms with Gasteiger partial charge in [0.2, 0.25) is 0 Å². The summed E-state index contributed by atoms with van der Waals surface area (Å²) in [5.74, 6) is 14.3. The van der Waals surface area contributed by atoms with Crippen molar-refractivity contribution in [3.05, 3.63) is 138 Å². The largest absolute Gasteiger partial charge is 0.115 e. The van der Waals surface area contributed by atoms with Gasteiger partial charge in [0.1, 0.15) is 0 Å². The highest BCUT2D eigenvalue weighted by Crippen LogP contribution is 2.83. The lowest BCUT2D eigenvalue weighted by molar-refractivity contribution is -0.224. The van der Waals surface area contributed by atoms with E-state index < -0.39 is 0 Å². The molecule has 4 aromatic carbocycles. The monoisotopic (exact) mass is 782 g/mol. The van der Waals surface area contributed by atoms with Gasteiger partial charge >= 0.3 is 0 Å². The fourth-order valence-electron chi connectivity index (χ4n) is 17.6. The molecule has 302 valence electrons. The van der Waals surface area contributed by atoms with Crippen LogP contribution in [0.25, 0.3) is 0 Å². The van der Waals surface area contributed by atoms with Crippen LogP contribution in [0.5, 0.6) is 0 Å². The molecule has 0 heteroatoms. The minimum absolute atomic E-state index is 0.0428. The fourth-order valence-corrected chi connectivity index (χ4v) is 17.6. The molecule has 0 aromatic heterocycles. The first-order chi connectivity index (χ1) is 28.5. The van der Waals surface area contributed by atoms with Gasteiger partial charge in [0.25, 0.3) is 0 Å². The molecule has 0 heterocycles. The highest BCUT2D eigenvalue weighted by Gasteiger charge is 2.75. The molecule has 8 fully saturated rings. The van der Waals surface area contributed by atoms with Crippen molar-refractivity contribution in [1.82, 2.24) is 0 Å². The van der Waals surface area contributed by atoms with Crippen molar-refractivity contribution in [3.63, 3.8) is 0 Å². The van der Waals surface area contributed by atoms with Crippen LogP contribution in [-0.4, -0.2) is 0 Å². The Morgan fingerprint density at radius 2 is 0.583 bits per heavy atom. The Balaban J connectivity index is 1.28. The maximum atomic E-state index is 6.59. The number of hydrogen-bond acceptors (Lipinski definition) is 0. The van der Waals surface area contributed by atoms with E-state index >= 15 is 0 Å². The second-order valence-electron chi connectivity index (χ2n) is 22.3. The normalized spacial score (nSPS) is 34.2. The maximum Gasteiger partial charge on any atom is 0.0309 e. The fraction of sp³-hybridized carbons (Fsp3) is 0.467. The molecule has 8 aliphatic carbocycles. The molecule has 8 saturated carbocycles. The van der Waals surface area contributed by atoms with Gasteiger partial charge in [-0.1, -0.05) is 94.5 Å². The molecule has 0 amide bonds. The van der Waals surface area contributed by atoms with Crippen molar-refractivity contribution in [2.75, 3.05) is 0 Å². The predicted octanol–water partition coefficient (Wildman–Crippen LogP) is 13.1. The number of benzene rings is 4. The molecule has 0 nitrogen and oxygen atoms in total. The Hall–Kier alpha value is -4.88. The summed E-state index contributed by atoms with van der Waals surface area (Å²) >= 11 is 0. The smallest absolute Gasteiger partial charge is 0.0309 e. The van der Waals surface area contributed by atoms with Crippen molar-refractivity contribution < 1.29 is 0 Å². The molecule has 12 rings (SSSR count). The standard InChI is InChI=1S/C60H62/c1-13-47-41(9)17-37(5)21-51(47)55-25-45-26-56(31-55,52-22-38(6)18-42(10)48(52)14-2)34-59(29-45,33-55)60-30-46-27-57(35-60,53-23-39(7)19-43(11)49(53)15-3)32-58(28-46,36-60)54-24-40(8)20-44(12)50(54)16-4/h1-4,17-24,45-46H,25-36H2,5-12H3. The first-order valence-corrected chi connectivity index (χ1v) is 22.8. The zero-order valence-corrected chi connectivity index (χ0v) is 37.6. The van der Waals surface area contributed by atoms with Crippen LogP contribution < -0.4 is 0 Å². The van der Waals surface area contributed by atoms with E-state index in [1.165, 1.54) is 131 Å². The molecule has 0 spiro atoms. The Bertz CT molecular complexity index is 2370. The van der Waals surface area contributed by atoms with Crippen LogP contribution in [0.4, 0.5) is 0 Å². The summed E-state index contributed by atoms with van der Waals surface area (Å²) in [4.78, 5) is 0. The van der Waals surface area contributed by atoms with E-state index in [9.17, 15) is 0 Å². The summed E-state index contributed by atoms with van der Waals surface area (Å²) in [7, 11) is 0. The summed E-state index contributed by atoms with van der Waals surface area (Å²) < 4.78 is 0. The SMILES string of the molecule is C#Cc1c(C)cc(C)cc1C12CC3CC(c4cc(C)cc(C)c4C#C)(C1)CC(C14CC5CC(c6cc(C)cc(C)c6C#C)(CC(c6cc(C)cc(C)c6C#C)(C5)C1)C4)(C3)C2. The van der Waals surface area contributed by atoms with Gasteiger partial charge in [0.15, 0.2) is 0 Å². The third-order valence-electron chi connectivity index (χ3n) is 18.0. The third-order valence-corrected chi connectivity index (χ3v) is 18.0. The van der Waals surface area contributed by atoms with Crippen LogP contribution in [0.1, 0.15) is 166 Å². The Kier molecular flexibility index (Phi) is 8.39. The molecule has 4 unspecified atom stereocenters. The highest BCUT2D eigenvalue weighted by molar-refractivity contribution is 5.60. The van der Waals surface area contributed by atoms with Gasteiger partial charge in [0, 0.05) is 22.3 Å². The minimum Gasteiger partial charge on any atom is -0.115 e. The van der Waals surface area contributed by atoms with E-state index in [0.29, 0.717) is 11.8 Å². The van der Waals surface area contributed by atoms with Crippen LogP contribution in [0, 0.1) is 127 Å². The Labute approximate surface area is 362 Å². The topological polar surface area (TPSA) is 0 Å². The Morgan fingerprint density at radius 1 is 0.350 bits per heavy atom. The molecule has 0 radical (unpaired) electrons. The molecule has 8 bridgehead atoms. The van der Waals surface area contributed by atoms with Gasteiger partial charge in [-0.05, 0) is 221 Å². The van der Waals surface area contributed by atoms with Crippen molar-refractivity contribution >= 4 is 0 Å². The van der Waals surface area contributed by atoms with Gasteiger partial charge in [-0.3, -0.25) is 0 Å². The van der Waals surface area contributed by atoms with E-state index in [0.717, 1.165) is 35.1 Å². The van der Waals surface area contributed by atoms with E-state index in [4.69, 9.17) is 25.7 Å². The Morgan fingerprint density at radius 3 is 0.800 bits per heavy atom. The second kappa shape index (κ2) is 12.8. The number of terminal acetylenes is 4.